The third-order valence-corrected chi connectivity index (χ3v) is 7.65. The average Bonchev–Trinajstić information content (AvgIpc) is 2.89. The van der Waals surface area contributed by atoms with Gasteiger partial charge < -0.3 is 24.1 Å². The van der Waals surface area contributed by atoms with Gasteiger partial charge in [0.25, 0.3) is 5.72 Å². The van der Waals surface area contributed by atoms with E-state index in [1.165, 1.54) is 18.2 Å². The summed E-state index contributed by atoms with van der Waals surface area (Å²) in [6.07, 6.45) is 0.564. The molecule has 0 radical (unpaired) electrons. The predicted octanol–water partition coefficient (Wildman–Crippen LogP) is 6.42. The zero-order valence-corrected chi connectivity index (χ0v) is 26.6. The van der Waals surface area contributed by atoms with Gasteiger partial charge in [0.15, 0.2) is 11.5 Å². The molecule has 2 N–H and O–H groups in total. The van der Waals surface area contributed by atoms with Crippen molar-refractivity contribution in [3.05, 3.63) is 23.8 Å². The normalized spacial score (nSPS) is 14.4. The van der Waals surface area contributed by atoms with E-state index in [1.54, 1.807) is 48.5 Å². The van der Waals surface area contributed by atoms with Crippen molar-refractivity contribution < 1.29 is 43.2 Å². The van der Waals surface area contributed by atoms with Crippen molar-refractivity contribution in [1.82, 2.24) is 5.32 Å². The first-order chi connectivity index (χ1) is 18.8. The van der Waals surface area contributed by atoms with Crippen LogP contribution in [0.25, 0.3) is 0 Å². The molecule has 0 saturated heterocycles. The van der Waals surface area contributed by atoms with Crippen LogP contribution in [0.3, 0.4) is 0 Å². The molecule has 0 aliphatic carbocycles. The molecule has 0 aliphatic rings. The molecule has 0 heterocycles. The van der Waals surface area contributed by atoms with Crippen molar-refractivity contribution in [3.63, 3.8) is 0 Å². The van der Waals surface area contributed by atoms with Gasteiger partial charge >= 0.3 is 24.1 Å². The Balaban J connectivity index is 3.63. The van der Waals surface area contributed by atoms with E-state index in [0.29, 0.717) is 31.2 Å². The quantitative estimate of drug-likeness (QED) is 0.136. The number of esters is 2. The van der Waals surface area contributed by atoms with E-state index >= 15 is 0 Å². The fourth-order valence-electron chi connectivity index (χ4n) is 3.14. The van der Waals surface area contributed by atoms with E-state index in [0.717, 1.165) is 0 Å². The van der Waals surface area contributed by atoms with Gasteiger partial charge in [-0.2, -0.15) is 0 Å². The molecule has 232 valence electrons. The zero-order chi connectivity index (χ0) is 31.8. The number of ether oxygens (including phenoxy) is 4. The molecule has 10 nitrogen and oxygen atoms in total. The van der Waals surface area contributed by atoms with Crippen LogP contribution in [-0.2, 0) is 30.3 Å². The van der Waals surface area contributed by atoms with Gasteiger partial charge in [-0.05, 0) is 91.8 Å². The third-order valence-electron chi connectivity index (χ3n) is 7.65. The molecule has 1 unspecified atom stereocenters. The largest absolute Gasteiger partial charge is 0.511 e. The number of carbonyl (C=O) groups is 4. The number of carboxylic acid groups (broad SMARTS) is 1. The lowest BCUT2D eigenvalue weighted by molar-refractivity contribution is -0.169. The smallest absolute Gasteiger partial charge is 0.477 e. The van der Waals surface area contributed by atoms with Gasteiger partial charge in [0, 0.05) is 12.5 Å². The van der Waals surface area contributed by atoms with Gasteiger partial charge in [-0.1, -0.05) is 33.8 Å². The molecule has 0 fully saturated rings. The Morgan fingerprint density at radius 1 is 0.805 bits per heavy atom. The number of carboxylic acids is 1. The first-order valence-electron chi connectivity index (χ1n) is 14.3. The summed E-state index contributed by atoms with van der Waals surface area (Å²) in [6.45, 7) is 19.5. The van der Waals surface area contributed by atoms with Crippen LogP contribution in [-0.4, -0.2) is 46.5 Å². The summed E-state index contributed by atoms with van der Waals surface area (Å²) >= 11 is 0. The molecule has 41 heavy (non-hydrogen) atoms. The van der Waals surface area contributed by atoms with Crippen LogP contribution >= 0.6 is 0 Å². The maximum atomic E-state index is 13.0. The molecule has 0 aliphatic heterocycles. The number of nitrogens with one attached hydrogen (secondary N) is 1. The molecular weight excluding hydrogens is 530 g/mol. The summed E-state index contributed by atoms with van der Waals surface area (Å²) in [7, 11) is 0. The number of carbonyl (C=O) groups excluding carboxylic acids is 3. The molecule has 1 rings (SSSR count). The van der Waals surface area contributed by atoms with Gasteiger partial charge in [-0.25, -0.2) is 9.59 Å². The fraction of sp³-hybridized carbons (Fsp3) is 0.677. The van der Waals surface area contributed by atoms with E-state index in [1.807, 2.05) is 27.7 Å². The summed E-state index contributed by atoms with van der Waals surface area (Å²) < 4.78 is 22.2. The molecule has 1 aromatic carbocycles. The Labute approximate surface area is 244 Å². The van der Waals surface area contributed by atoms with Crippen LogP contribution in [0, 0.1) is 10.8 Å². The maximum Gasteiger partial charge on any atom is 0.511 e. The van der Waals surface area contributed by atoms with Gasteiger partial charge in [-0.3, -0.25) is 14.9 Å². The molecular formula is C31H49NO9. The standard InChI is InChI=1S/C31H49NO9/c1-12-20(5)32-31(24(33)34,41-27(37)40-30(10,11)15-4)19-21-16-17-22(38-25(35)28(6,7)13-2)23(18-21)39-26(36)29(8,9)14-3/h16-18,20,32H,12-15,19H2,1-11H3,(H,33,34)/t20?,31-/m0/s1. The van der Waals surface area contributed by atoms with Crippen LogP contribution in [0.5, 0.6) is 11.5 Å². The Kier molecular flexibility index (Phi) is 12.4. The Bertz CT molecular complexity index is 1090. The average molecular weight is 580 g/mol. The first-order valence-corrected chi connectivity index (χ1v) is 14.3. The summed E-state index contributed by atoms with van der Waals surface area (Å²) in [6, 6.07) is 4.04. The van der Waals surface area contributed by atoms with Crippen molar-refractivity contribution in [2.45, 2.75) is 126 Å². The van der Waals surface area contributed by atoms with Gasteiger partial charge in [-0.15, -0.1) is 0 Å². The minimum absolute atomic E-state index is 0.0151. The van der Waals surface area contributed by atoms with E-state index < -0.39 is 46.2 Å². The summed E-state index contributed by atoms with van der Waals surface area (Å²) in [5, 5.41) is 13.2. The second-order valence-corrected chi connectivity index (χ2v) is 12.4. The minimum Gasteiger partial charge on any atom is -0.477 e. The van der Waals surface area contributed by atoms with E-state index in [4.69, 9.17) is 18.9 Å². The molecule has 10 heteroatoms. The molecule has 0 spiro atoms. The summed E-state index contributed by atoms with van der Waals surface area (Å²) in [5.41, 5.74) is -4.35. The van der Waals surface area contributed by atoms with Gasteiger partial charge in [0.05, 0.1) is 10.8 Å². The lowest BCUT2D eigenvalue weighted by atomic mass is 9.90. The van der Waals surface area contributed by atoms with Gasteiger partial charge in [0.1, 0.15) is 5.60 Å². The van der Waals surface area contributed by atoms with E-state index in [2.05, 4.69) is 5.32 Å². The highest BCUT2D eigenvalue weighted by molar-refractivity contribution is 5.82. The second kappa shape index (κ2) is 14.2. The maximum absolute atomic E-state index is 13.0. The topological polar surface area (TPSA) is 137 Å². The van der Waals surface area contributed by atoms with Gasteiger partial charge in [0.2, 0.25) is 0 Å². The molecule has 1 aromatic rings. The Morgan fingerprint density at radius 2 is 1.32 bits per heavy atom. The number of rotatable bonds is 15. The molecule has 2 atom stereocenters. The van der Waals surface area contributed by atoms with Crippen molar-refractivity contribution in [2.75, 3.05) is 0 Å². The first kappa shape index (κ1) is 35.9. The van der Waals surface area contributed by atoms with E-state index in [-0.39, 0.29) is 24.0 Å². The fourth-order valence-corrected chi connectivity index (χ4v) is 3.14. The lowest BCUT2D eigenvalue weighted by Gasteiger charge is -2.34. The van der Waals surface area contributed by atoms with Crippen LogP contribution in [0.4, 0.5) is 4.79 Å². The number of hydrogen-bond donors (Lipinski definition) is 2. The zero-order valence-electron chi connectivity index (χ0n) is 26.6. The van der Waals surface area contributed by atoms with Crippen LogP contribution in [0.2, 0.25) is 0 Å². The molecule has 0 bridgehead atoms. The monoisotopic (exact) mass is 579 g/mol. The number of benzene rings is 1. The minimum atomic E-state index is -2.21. The van der Waals surface area contributed by atoms with Crippen molar-refractivity contribution in [3.8, 4) is 11.5 Å². The highest BCUT2D eigenvalue weighted by Gasteiger charge is 2.45. The van der Waals surface area contributed by atoms with Crippen molar-refractivity contribution in [2.24, 2.45) is 10.8 Å². The Hall–Kier alpha value is -3.14. The summed E-state index contributed by atoms with van der Waals surface area (Å²) in [4.78, 5) is 51.3. The van der Waals surface area contributed by atoms with Crippen LogP contribution in [0.15, 0.2) is 18.2 Å². The highest BCUT2D eigenvalue weighted by Crippen LogP contribution is 2.35. The van der Waals surface area contributed by atoms with Crippen molar-refractivity contribution in [1.29, 1.82) is 0 Å². The predicted molar refractivity (Wildman–Crippen MR) is 155 cm³/mol. The van der Waals surface area contributed by atoms with Crippen molar-refractivity contribution >= 4 is 24.1 Å². The molecule has 0 saturated carbocycles. The third kappa shape index (κ3) is 10.0. The molecule has 0 aromatic heterocycles. The number of aliphatic carboxylic acids is 1. The highest BCUT2D eigenvalue weighted by atomic mass is 16.8. The van der Waals surface area contributed by atoms with Crippen LogP contribution < -0.4 is 14.8 Å². The second-order valence-electron chi connectivity index (χ2n) is 12.4. The molecule has 0 amide bonds. The van der Waals surface area contributed by atoms with Crippen LogP contribution in [0.1, 0.15) is 107 Å². The SMILES string of the molecule is CCC(C)N[C@@](Cc1ccc(OC(=O)C(C)(C)CC)c(OC(=O)C(C)(C)CC)c1)(OC(=O)OC(C)(C)CC)C(=O)O. The summed E-state index contributed by atoms with van der Waals surface area (Å²) in [5.74, 6) is -2.53. The van der Waals surface area contributed by atoms with E-state index in [9.17, 15) is 24.3 Å². The number of hydrogen-bond acceptors (Lipinski definition) is 9. The Morgan fingerprint density at radius 3 is 1.76 bits per heavy atom. The lowest BCUT2D eigenvalue weighted by Crippen LogP contribution is -2.60.